The zero-order valence-corrected chi connectivity index (χ0v) is 24.1. The Labute approximate surface area is 243 Å². The number of benzene rings is 2. The summed E-state index contributed by atoms with van der Waals surface area (Å²) in [6.07, 6.45) is 1.29. The molecule has 0 aliphatic carbocycles. The zero-order chi connectivity index (χ0) is 30.7. The van der Waals surface area contributed by atoms with Crippen LogP contribution in [0.1, 0.15) is 20.3 Å². The fraction of sp³-hybridized carbons (Fsp3) is 0.321. The Balaban J connectivity index is 0.000000892. The number of halogens is 2. The molecule has 0 bridgehead atoms. The molecule has 0 unspecified atom stereocenters. The molecule has 0 radical (unpaired) electrons. The lowest BCUT2D eigenvalue weighted by Gasteiger charge is -2.15. The van der Waals surface area contributed by atoms with Crippen LogP contribution in [0.3, 0.4) is 0 Å². The second kappa shape index (κ2) is 15.2. The van der Waals surface area contributed by atoms with E-state index in [0.29, 0.717) is 27.8 Å². The average molecular weight is 605 g/mol. The highest BCUT2D eigenvalue weighted by atomic mass is 32.2. The van der Waals surface area contributed by atoms with E-state index >= 15 is 4.39 Å². The molecule has 14 heteroatoms. The Hall–Kier alpha value is -4.14. The van der Waals surface area contributed by atoms with Crippen LogP contribution in [0, 0.1) is 5.82 Å². The number of sulfonamides is 1. The molecule has 0 aliphatic rings. The number of hydrogen-bond donors (Lipinski definition) is 4. The van der Waals surface area contributed by atoms with Crippen LogP contribution >= 0.6 is 0 Å². The minimum atomic E-state index is -3.95. The Bertz CT molecular complexity index is 1590. The number of aromatic nitrogens is 3. The summed E-state index contributed by atoms with van der Waals surface area (Å²) in [5.74, 6) is -0.465. The molecule has 11 nitrogen and oxygen atoms in total. The summed E-state index contributed by atoms with van der Waals surface area (Å²) >= 11 is 0. The molecule has 0 spiro atoms. The molecule has 0 atom stereocenters. The number of anilines is 3. The first kappa shape index (κ1) is 32.4. The van der Waals surface area contributed by atoms with Gasteiger partial charge in [-0.25, -0.2) is 27.8 Å². The van der Waals surface area contributed by atoms with Crippen LogP contribution in [0.4, 0.5) is 26.1 Å². The van der Waals surface area contributed by atoms with Crippen molar-refractivity contribution in [3.8, 4) is 28.3 Å². The van der Waals surface area contributed by atoms with Crippen LogP contribution in [0.25, 0.3) is 33.4 Å². The van der Waals surface area contributed by atoms with Crippen LogP contribution < -0.4 is 20.9 Å². The van der Waals surface area contributed by atoms with Gasteiger partial charge in [-0.2, -0.15) is 0 Å². The number of nitrogens with two attached hydrogens (primary N) is 2. The van der Waals surface area contributed by atoms with Gasteiger partial charge in [0.2, 0.25) is 10.0 Å². The number of pyridine rings is 1. The van der Waals surface area contributed by atoms with Gasteiger partial charge in [0.25, 0.3) is 0 Å². The molecule has 4 aromatic rings. The number of rotatable bonds is 12. The second-order valence-electron chi connectivity index (χ2n) is 8.76. The van der Waals surface area contributed by atoms with Crippen molar-refractivity contribution in [3.63, 3.8) is 0 Å². The predicted molar refractivity (Wildman–Crippen MR) is 160 cm³/mol. The van der Waals surface area contributed by atoms with Crippen molar-refractivity contribution in [2.24, 2.45) is 0 Å². The molecule has 0 amide bonds. The number of ether oxygens (including phenoxy) is 2. The number of nitrogens with one attached hydrogen (secondary N) is 1. The summed E-state index contributed by atoms with van der Waals surface area (Å²) in [6.45, 7) is 4.50. The van der Waals surface area contributed by atoms with E-state index in [2.05, 4.69) is 19.7 Å². The second-order valence-corrected chi connectivity index (χ2v) is 10.6. The standard InChI is InChI=1S/C24H24F2N6O4S.C4H10O/c25-7-2-10-37(34,35)32-18-4-1-3-16(21(18)26)15-11-17-22(19(12-15)36-9-8-33)30-24(31-23(17)28)14-5-6-20(27)29-13-14;1-3-5-4-2/h1,3-6,11-13,32-33H,2,7-10H2,(H2,27,29)(H2,28,30,31);3-4H2,1-2H3. The summed E-state index contributed by atoms with van der Waals surface area (Å²) in [4.78, 5) is 12.9. The lowest BCUT2D eigenvalue weighted by molar-refractivity contribution is 0.162. The normalized spacial score (nSPS) is 11.2. The van der Waals surface area contributed by atoms with Crippen molar-refractivity contribution in [2.45, 2.75) is 20.3 Å². The first-order chi connectivity index (χ1) is 20.1. The summed E-state index contributed by atoms with van der Waals surface area (Å²) in [5.41, 5.74) is 12.8. The summed E-state index contributed by atoms with van der Waals surface area (Å²) in [6, 6.07) is 10.5. The molecule has 2 aromatic heterocycles. The van der Waals surface area contributed by atoms with Gasteiger partial charge in [0.15, 0.2) is 11.6 Å². The quantitative estimate of drug-likeness (QED) is 0.184. The number of alkyl halides is 1. The van der Waals surface area contributed by atoms with Crippen LogP contribution in [0.15, 0.2) is 48.7 Å². The third-order valence-corrected chi connectivity index (χ3v) is 7.08. The van der Waals surface area contributed by atoms with Crippen LogP contribution in [0.2, 0.25) is 0 Å². The Morgan fingerprint density at radius 3 is 2.43 bits per heavy atom. The lowest BCUT2D eigenvalue weighted by atomic mass is 10.0. The van der Waals surface area contributed by atoms with Crippen molar-refractivity contribution < 1.29 is 31.8 Å². The maximum absolute atomic E-state index is 15.5. The number of hydrogen-bond acceptors (Lipinski definition) is 10. The number of nitrogens with zero attached hydrogens (tertiary/aromatic N) is 3. The highest BCUT2D eigenvalue weighted by molar-refractivity contribution is 7.92. The molecule has 42 heavy (non-hydrogen) atoms. The summed E-state index contributed by atoms with van der Waals surface area (Å²) in [5, 5.41) is 9.65. The topological polar surface area (TPSA) is 176 Å². The molecule has 4 rings (SSSR count). The third-order valence-electron chi connectivity index (χ3n) is 5.72. The molecule has 6 N–H and O–H groups in total. The monoisotopic (exact) mass is 604 g/mol. The van der Waals surface area contributed by atoms with Crippen LogP contribution in [-0.4, -0.2) is 67.3 Å². The largest absolute Gasteiger partial charge is 0.489 e. The number of fused-ring (bicyclic) bond motifs is 1. The van der Waals surface area contributed by atoms with Gasteiger partial charge < -0.3 is 26.0 Å². The van der Waals surface area contributed by atoms with Gasteiger partial charge in [-0.15, -0.1) is 0 Å². The first-order valence-corrected chi connectivity index (χ1v) is 14.8. The molecule has 0 saturated carbocycles. The Morgan fingerprint density at radius 2 is 1.81 bits per heavy atom. The van der Waals surface area contributed by atoms with Crippen LogP contribution in [-0.2, 0) is 14.8 Å². The van der Waals surface area contributed by atoms with Crippen molar-refractivity contribution in [1.29, 1.82) is 0 Å². The number of aliphatic hydroxyl groups is 1. The average Bonchev–Trinajstić information content (AvgIpc) is 2.97. The molecule has 0 saturated heterocycles. The van der Waals surface area contributed by atoms with E-state index in [0.717, 1.165) is 13.2 Å². The van der Waals surface area contributed by atoms with E-state index < -0.39 is 28.3 Å². The molecule has 226 valence electrons. The molecular weight excluding hydrogens is 570 g/mol. The number of aliphatic hydroxyl groups excluding tert-OH is 1. The highest BCUT2D eigenvalue weighted by Gasteiger charge is 2.19. The minimum absolute atomic E-state index is 0.0488. The highest BCUT2D eigenvalue weighted by Crippen LogP contribution is 2.37. The minimum Gasteiger partial charge on any atom is -0.489 e. The maximum atomic E-state index is 15.5. The van der Waals surface area contributed by atoms with E-state index in [1.807, 2.05) is 13.8 Å². The van der Waals surface area contributed by atoms with Gasteiger partial charge in [-0.3, -0.25) is 9.11 Å². The van der Waals surface area contributed by atoms with Crippen molar-refractivity contribution in [1.82, 2.24) is 15.0 Å². The predicted octanol–water partition coefficient (Wildman–Crippen LogP) is 4.18. The SMILES string of the molecule is CCOCC.Nc1ccc(-c2nc(N)c3cc(-c4cccc(NS(=O)(=O)CCCF)c4F)cc(OCCO)c3n2)cn1. The zero-order valence-electron chi connectivity index (χ0n) is 23.3. The van der Waals surface area contributed by atoms with E-state index in [9.17, 15) is 17.9 Å². The van der Waals surface area contributed by atoms with Gasteiger partial charge in [-0.1, -0.05) is 12.1 Å². The van der Waals surface area contributed by atoms with E-state index in [4.69, 9.17) is 20.9 Å². The Kier molecular flexibility index (Phi) is 11.7. The maximum Gasteiger partial charge on any atom is 0.232 e. The molecule has 0 aliphatic heterocycles. The van der Waals surface area contributed by atoms with Gasteiger partial charge in [-0.05, 0) is 56.2 Å². The third kappa shape index (κ3) is 8.44. The van der Waals surface area contributed by atoms with Crippen LogP contribution in [0.5, 0.6) is 5.75 Å². The van der Waals surface area contributed by atoms with Gasteiger partial charge >= 0.3 is 0 Å². The Morgan fingerprint density at radius 1 is 1.05 bits per heavy atom. The van der Waals surface area contributed by atoms with Crippen molar-refractivity contribution in [3.05, 3.63) is 54.5 Å². The van der Waals surface area contributed by atoms with Gasteiger partial charge in [0, 0.05) is 35.9 Å². The molecule has 0 fully saturated rings. The van der Waals surface area contributed by atoms with Gasteiger partial charge in [0.1, 0.15) is 29.5 Å². The smallest absolute Gasteiger partial charge is 0.232 e. The molecular formula is C28H34F2N6O5S. The fourth-order valence-electron chi connectivity index (χ4n) is 3.81. The summed E-state index contributed by atoms with van der Waals surface area (Å²) in [7, 11) is -3.95. The van der Waals surface area contributed by atoms with E-state index in [1.165, 1.54) is 30.5 Å². The molecule has 2 aromatic carbocycles. The van der Waals surface area contributed by atoms with Crippen molar-refractivity contribution in [2.75, 3.05) is 55.0 Å². The van der Waals surface area contributed by atoms with E-state index in [1.54, 1.807) is 18.2 Å². The fourth-order valence-corrected chi connectivity index (χ4v) is 4.90. The molecule has 2 heterocycles. The van der Waals surface area contributed by atoms with E-state index in [-0.39, 0.29) is 48.3 Å². The first-order valence-electron chi connectivity index (χ1n) is 13.1. The summed E-state index contributed by atoms with van der Waals surface area (Å²) < 4.78 is 64.9. The number of nitrogen functional groups attached to an aromatic ring is 2. The van der Waals surface area contributed by atoms with Crippen molar-refractivity contribution >= 4 is 38.2 Å². The lowest BCUT2D eigenvalue weighted by Crippen LogP contribution is -2.18. The van der Waals surface area contributed by atoms with Gasteiger partial charge in [0.05, 0.1) is 24.7 Å².